The number of hydrogen-bond donors (Lipinski definition) is 2. The fourth-order valence-corrected chi connectivity index (χ4v) is 4.16. The highest BCUT2D eigenvalue weighted by atomic mass is 35.5. The molecule has 126 valence electrons. The molecule has 1 saturated heterocycles. The quantitative estimate of drug-likeness (QED) is 0.855. The van der Waals surface area contributed by atoms with Crippen molar-refractivity contribution in [2.75, 3.05) is 16.8 Å². The number of anilines is 2. The highest BCUT2D eigenvalue weighted by Crippen LogP contribution is 2.17. The molecule has 0 bridgehead atoms. The standard InChI is InChI=1S/C15H15ClN4O3S/c16-10-1-3-11(4-2-10)19-14-8-17-13(7-18-14)15(21)20-12-5-6-24(22,23)9-12/h1-4,7-8,12H,5-6,9H2,(H,18,19)(H,20,21). The van der Waals surface area contributed by atoms with E-state index < -0.39 is 15.7 Å². The molecule has 9 heteroatoms. The topological polar surface area (TPSA) is 101 Å². The SMILES string of the molecule is O=C(NC1CCS(=O)(=O)C1)c1cnc(Nc2ccc(Cl)cc2)cn1. The summed E-state index contributed by atoms with van der Waals surface area (Å²) in [6.07, 6.45) is 3.21. The van der Waals surface area contributed by atoms with Crippen LogP contribution < -0.4 is 10.6 Å². The Labute approximate surface area is 144 Å². The van der Waals surface area contributed by atoms with E-state index in [2.05, 4.69) is 20.6 Å². The molecule has 0 radical (unpaired) electrons. The van der Waals surface area contributed by atoms with E-state index in [0.717, 1.165) is 5.69 Å². The molecule has 0 spiro atoms. The molecule has 1 aromatic carbocycles. The summed E-state index contributed by atoms with van der Waals surface area (Å²) in [5.74, 6) is 0.135. The van der Waals surface area contributed by atoms with Crippen molar-refractivity contribution in [1.82, 2.24) is 15.3 Å². The normalized spacial score (nSPS) is 19.0. The Balaban J connectivity index is 1.61. The van der Waals surface area contributed by atoms with Gasteiger partial charge in [0.1, 0.15) is 11.5 Å². The van der Waals surface area contributed by atoms with Gasteiger partial charge in [-0.15, -0.1) is 0 Å². The molecule has 1 amide bonds. The van der Waals surface area contributed by atoms with Crippen LogP contribution in [-0.4, -0.2) is 41.8 Å². The first kappa shape index (κ1) is 16.7. The van der Waals surface area contributed by atoms with Crippen molar-refractivity contribution in [2.24, 2.45) is 0 Å². The van der Waals surface area contributed by atoms with E-state index in [1.807, 2.05) is 0 Å². The highest BCUT2D eigenvalue weighted by molar-refractivity contribution is 7.91. The van der Waals surface area contributed by atoms with Crippen LogP contribution in [0.5, 0.6) is 0 Å². The minimum absolute atomic E-state index is 0.0254. The lowest BCUT2D eigenvalue weighted by Gasteiger charge is -2.10. The molecule has 1 aliphatic rings. The van der Waals surface area contributed by atoms with E-state index in [9.17, 15) is 13.2 Å². The van der Waals surface area contributed by atoms with Crippen LogP contribution in [0.1, 0.15) is 16.9 Å². The number of hydrogen-bond acceptors (Lipinski definition) is 6. The van der Waals surface area contributed by atoms with E-state index in [0.29, 0.717) is 17.3 Å². The molecule has 1 aromatic heterocycles. The number of benzene rings is 1. The first-order valence-electron chi connectivity index (χ1n) is 7.27. The van der Waals surface area contributed by atoms with Gasteiger partial charge in [0.2, 0.25) is 0 Å². The lowest BCUT2D eigenvalue weighted by atomic mass is 10.2. The fourth-order valence-electron chi connectivity index (χ4n) is 2.36. The molecule has 24 heavy (non-hydrogen) atoms. The van der Waals surface area contributed by atoms with E-state index >= 15 is 0 Å². The molecule has 7 nitrogen and oxygen atoms in total. The second-order valence-electron chi connectivity index (χ2n) is 5.49. The summed E-state index contributed by atoms with van der Waals surface area (Å²) >= 11 is 5.82. The van der Waals surface area contributed by atoms with Gasteiger partial charge in [-0.3, -0.25) is 4.79 Å². The van der Waals surface area contributed by atoms with Gasteiger partial charge in [0.15, 0.2) is 9.84 Å². The van der Waals surface area contributed by atoms with Crippen molar-refractivity contribution in [1.29, 1.82) is 0 Å². The van der Waals surface area contributed by atoms with Crippen LogP contribution in [0.4, 0.5) is 11.5 Å². The molecule has 0 aliphatic carbocycles. The van der Waals surface area contributed by atoms with Gasteiger partial charge in [-0.05, 0) is 30.7 Å². The third kappa shape index (κ3) is 4.21. The molecule has 1 aliphatic heterocycles. The fraction of sp³-hybridized carbons (Fsp3) is 0.267. The van der Waals surface area contributed by atoms with Crippen LogP contribution in [0.15, 0.2) is 36.7 Å². The number of carbonyl (C=O) groups excluding carboxylic acids is 1. The van der Waals surface area contributed by atoms with Crippen LogP contribution in [0.2, 0.25) is 5.02 Å². The minimum atomic E-state index is -3.04. The summed E-state index contributed by atoms with van der Waals surface area (Å²) < 4.78 is 22.8. The third-order valence-corrected chi connectivity index (χ3v) is 5.59. The number of aromatic nitrogens is 2. The zero-order valence-corrected chi connectivity index (χ0v) is 14.1. The Morgan fingerprint density at radius 1 is 1.17 bits per heavy atom. The summed E-state index contributed by atoms with van der Waals surface area (Å²) in [6.45, 7) is 0. The van der Waals surface area contributed by atoms with Crippen LogP contribution >= 0.6 is 11.6 Å². The zero-order valence-electron chi connectivity index (χ0n) is 12.6. The minimum Gasteiger partial charge on any atom is -0.347 e. The first-order chi connectivity index (χ1) is 11.4. The van der Waals surface area contributed by atoms with Crippen LogP contribution in [0.25, 0.3) is 0 Å². The lowest BCUT2D eigenvalue weighted by molar-refractivity contribution is 0.0935. The Hall–Kier alpha value is -2.19. The summed E-state index contributed by atoms with van der Waals surface area (Å²) in [7, 11) is -3.04. The summed E-state index contributed by atoms with van der Waals surface area (Å²) in [6, 6.07) is 6.72. The van der Waals surface area contributed by atoms with Gasteiger partial charge in [0.25, 0.3) is 5.91 Å². The second-order valence-corrected chi connectivity index (χ2v) is 8.16. The van der Waals surface area contributed by atoms with E-state index in [4.69, 9.17) is 11.6 Å². The zero-order chi connectivity index (χ0) is 17.2. The number of nitrogens with zero attached hydrogens (tertiary/aromatic N) is 2. The third-order valence-electron chi connectivity index (χ3n) is 3.57. The molecular formula is C15H15ClN4O3S. The van der Waals surface area contributed by atoms with Gasteiger partial charge >= 0.3 is 0 Å². The number of carbonyl (C=O) groups is 1. The Morgan fingerprint density at radius 2 is 1.92 bits per heavy atom. The van der Waals surface area contributed by atoms with Crippen molar-refractivity contribution in [3.63, 3.8) is 0 Å². The molecular weight excluding hydrogens is 352 g/mol. The van der Waals surface area contributed by atoms with Crippen LogP contribution in [-0.2, 0) is 9.84 Å². The predicted octanol–water partition coefficient (Wildman–Crippen LogP) is 1.79. The Bertz CT molecular complexity index is 838. The molecule has 2 N–H and O–H groups in total. The van der Waals surface area contributed by atoms with Crippen LogP contribution in [0.3, 0.4) is 0 Å². The van der Waals surface area contributed by atoms with Crippen molar-refractivity contribution in [2.45, 2.75) is 12.5 Å². The monoisotopic (exact) mass is 366 g/mol. The van der Waals surface area contributed by atoms with Crippen molar-refractivity contribution < 1.29 is 13.2 Å². The van der Waals surface area contributed by atoms with Gasteiger partial charge < -0.3 is 10.6 Å². The van der Waals surface area contributed by atoms with Gasteiger partial charge in [-0.2, -0.15) is 0 Å². The second kappa shape index (κ2) is 6.74. The predicted molar refractivity (Wildman–Crippen MR) is 91.3 cm³/mol. The molecule has 2 heterocycles. The number of rotatable bonds is 4. The maximum absolute atomic E-state index is 12.1. The van der Waals surface area contributed by atoms with E-state index in [-0.39, 0.29) is 23.2 Å². The average Bonchev–Trinajstić information content (AvgIpc) is 2.89. The first-order valence-corrected chi connectivity index (χ1v) is 9.47. The number of amides is 1. The number of halogens is 1. The molecule has 1 fully saturated rings. The number of nitrogens with one attached hydrogen (secondary N) is 2. The molecule has 1 atom stereocenters. The maximum Gasteiger partial charge on any atom is 0.271 e. The largest absolute Gasteiger partial charge is 0.347 e. The molecule has 1 unspecified atom stereocenters. The smallest absolute Gasteiger partial charge is 0.271 e. The lowest BCUT2D eigenvalue weighted by Crippen LogP contribution is -2.36. The van der Waals surface area contributed by atoms with Crippen molar-refractivity contribution in [3.8, 4) is 0 Å². The Morgan fingerprint density at radius 3 is 2.50 bits per heavy atom. The molecule has 0 saturated carbocycles. The number of sulfone groups is 1. The molecule has 3 rings (SSSR count). The van der Waals surface area contributed by atoms with E-state index in [1.165, 1.54) is 12.4 Å². The Kier molecular flexibility index (Phi) is 4.68. The van der Waals surface area contributed by atoms with Crippen molar-refractivity contribution in [3.05, 3.63) is 47.4 Å². The van der Waals surface area contributed by atoms with Gasteiger partial charge in [-0.25, -0.2) is 18.4 Å². The highest BCUT2D eigenvalue weighted by Gasteiger charge is 2.29. The van der Waals surface area contributed by atoms with E-state index in [1.54, 1.807) is 24.3 Å². The van der Waals surface area contributed by atoms with Gasteiger partial charge in [-0.1, -0.05) is 11.6 Å². The maximum atomic E-state index is 12.1. The van der Waals surface area contributed by atoms with Gasteiger partial charge in [0.05, 0.1) is 23.9 Å². The summed E-state index contributed by atoms with van der Waals surface area (Å²) in [5.41, 5.74) is 0.933. The summed E-state index contributed by atoms with van der Waals surface area (Å²) in [4.78, 5) is 20.3. The summed E-state index contributed by atoms with van der Waals surface area (Å²) in [5, 5.41) is 6.34. The van der Waals surface area contributed by atoms with Crippen molar-refractivity contribution >= 4 is 38.9 Å². The van der Waals surface area contributed by atoms with Gasteiger partial charge in [0, 0.05) is 16.8 Å². The molecule has 2 aromatic rings. The average molecular weight is 367 g/mol. The van der Waals surface area contributed by atoms with Crippen LogP contribution in [0, 0.1) is 0 Å².